The summed E-state index contributed by atoms with van der Waals surface area (Å²) >= 11 is 8.98. The first kappa shape index (κ1) is 32.9. The number of imidazole rings is 2. The predicted molar refractivity (Wildman–Crippen MR) is 166 cm³/mol. The number of nitrogens with one attached hydrogen (secondary N) is 1. The molecule has 3 aliphatic heterocycles. The van der Waals surface area contributed by atoms with Crippen molar-refractivity contribution in [1.29, 1.82) is 0 Å². The second kappa shape index (κ2) is 11.8. The lowest BCUT2D eigenvalue weighted by Gasteiger charge is -2.33. The largest absolute Gasteiger partial charge is 0.386 e. The Balaban J connectivity index is 1.12. The van der Waals surface area contributed by atoms with Crippen LogP contribution in [0.4, 0.5) is 11.8 Å². The van der Waals surface area contributed by atoms with Crippen LogP contribution >= 0.6 is 25.8 Å². The number of H-pyrrole nitrogens is 1. The first-order chi connectivity index (χ1) is 22.2. The zero-order valence-corrected chi connectivity index (χ0v) is 27.5. The molecule has 0 radical (unpaired) electrons. The smallest absolute Gasteiger partial charge is 0.384 e. The highest BCUT2D eigenvalue weighted by atomic mass is 32.7. The van der Waals surface area contributed by atoms with E-state index in [4.69, 9.17) is 51.1 Å². The van der Waals surface area contributed by atoms with E-state index in [2.05, 4.69) is 42.2 Å². The molecular formula is C22H28N10O11P2S2. The fourth-order valence-electron chi connectivity index (χ4n) is 5.99. The molecule has 10 atom stereocenters. The van der Waals surface area contributed by atoms with Crippen LogP contribution in [0, 0.1) is 0 Å². The average molecular weight is 735 g/mol. The van der Waals surface area contributed by atoms with Crippen molar-refractivity contribution in [1.82, 2.24) is 39.0 Å². The summed E-state index contributed by atoms with van der Waals surface area (Å²) in [5, 5.41) is 11.3. The molecule has 0 aromatic carbocycles. The summed E-state index contributed by atoms with van der Waals surface area (Å²) in [4.78, 5) is 56.4. The van der Waals surface area contributed by atoms with Crippen LogP contribution in [0.2, 0.25) is 0 Å². The minimum atomic E-state index is -4.44. The van der Waals surface area contributed by atoms with E-state index in [9.17, 15) is 24.3 Å². The molecule has 4 aromatic rings. The van der Waals surface area contributed by atoms with Gasteiger partial charge in [-0.2, -0.15) is 4.98 Å². The van der Waals surface area contributed by atoms with E-state index in [-0.39, 0.29) is 29.5 Å². The molecule has 8 N–H and O–H groups in total. The third-order valence-electron chi connectivity index (χ3n) is 8.05. The van der Waals surface area contributed by atoms with Crippen molar-refractivity contribution >= 4 is 71.7 Å². The first-order valence-corrected chi connectivity index (χ1v) is 19.2. The fourth-order valence-corrected chi connectivity index (χ4v) is 8.37. The van der Waals surface area contributed by atoms with Crippen LogP contribution in [0.5, 0.6) is 0 Å². The Morgan fingerprint density at radius 2 is 1.87 bits per heavy atom. The zero-order chi connectivity index (χ0) is 33.5. The standard InChI is InChI=1S/C22H28N10O11P2S2/c1-2-8-12(11(33)19(40-8)31-6-27-9-15(23)25-5-26-16(9)31)42-45(37,47)39-4-22-3-38-13(14(22)43-44(35,36)46)20(41-22)32-7-28-10-17(32)29-21(24)30-18(10)34/h5-8,11-14,19-20,33H,2-4H2,1H3,(H,37,47)(H2,23,25,26)(H2,35,36,46)(H3,24,29,30,34)/t8-,11-,12-,13-,14+,19-,20-,22-,45?/m1/s1. The number of anilines is 2. The van der Waals surface area contributed by atoms with Crippen molar-refractivity contribution in [2.75, 3.05) is 24.7 Å². The summed E-state index contributed by atoms with van der Waals surface area (Å²) in [6, 6.07) is 0. The molecule has 0 aliphatic carbocycles. The van der Waals surface area contributed by atoms with Crippen LogP contribution in [-0.2, 0) is 44.2 Å². The molecule has 7 heterocycles. The molecule has 47 heavy (non-hydrogen) atoms. The third kappa shape index (κ3) is 5.78. The molecule has 0 amide bonds. The normalized spacial score (nSPS) is 33.1. The number of aliphatic hydroxyl groups excluding tert-OH is 1. The number of hydrogen-bond acceptors (Lipinski definition) is 17. The van der Waals surface area contributed by atoms with E-state index < -0.39 is 74.3 Å². The minimum Gasteiger partial charge on any atom is -0.386 e. The van der Waals surface area contributed by atoms with Gasteiger partial charge in [-0.25, -0.2) is 24.5 Å². The van der Waals surface area contributed by atoms with E-state index in [1.165, 1.54) is 28.1 Å². The summed E-state index contributed by atoms with van der Waals surface area (Å²) < 4.78 is 50.3. The maximum absolute atomic E-state index is 12.3. The summed E-state index contributed by atoms with van der Waals surface area (Å²) in [5.41, 5.74) is 10.0. The Kier molecular flexibility index (Phi) is 8.23. The van der Waals surface area contributed by atoms with Crippen molar-refractivity contribution in [3.05, 3.63) is 29.3 Å². The molecule has 2 unspecified atom stereocenters. The summed E-state index contributed by atoms with van der Waals surface area (Å²) in [7, 11) is 0. The Morgan fingerprint density at radius 1 is 1.15 bits per heavy atom. The van der Waals surface area contributed by atoms with Crippen LogP contribution in [-0.4, -0.2) is 103 Å². The molecule has 2 bridgehead atoms. The van der Waals surface area contributed by atoms with Gasteiger partial charge < -0.3 is 45.1 Å². The van der Waals surface area contributed by atoms with Gasteiger partial charge >= 0.3 is 13.5 Å². The van der Waals surface area contributed by atoms with E-state index >= 15 is 0 Å². The van der Waals surface area contributed by atoms with Crippen molar-refractivity contribution < 1.29 is 47.2 Å². The van der Waals surface area contributed by atoms with Crippen molar-refractivity contribution in [3.8, 4) is 0 Å². The highest BCUT2D eigenvalue weighted by Gasteiger charge is 2.65. The van der Waals surface area contributed by atoms with Crippen LogP contribution in [0.15, 0.2) is 23.8 Å². The number of aromatic nitrogens is 8. The van der Waals surface area contributed by atoms with E-state index in [0.717, 1.165) is 0 Å². The number of nitrogen functional groups attached to an aromatic ring is 2. The van der Waals surface area contributed by atoms with Crippen LogP contribution in [0.1, 0.15) is 25.8 Å². The third-order valence-corrected chi connectivity index (χ3v) is 10.4. The molecule has 21 nitrogen and oxygen atoms in total. The SMILES string of the molecule is CC[C@H]1O[C@@H](n2cnc3c(N)ncnc32)[C@H](O)[C@@H]1OP(O)(=S)OC[C@@]12CO[C@@H]([C@H](n3cnc4c(=O)[nH]c(N)nc43)O1)[C@@H]2OP(=O)(O)S. The molecule has 254 valence electrons. The minimum absolute atomic E-state index is 0.0460. The lowest BCUT2D eigenvalue weighted by atomic mass is 10.0. The molecule has 7 rings (SSSR count). The van der Waals surface area contributed by atoms with Gasteiger partial charge in [0.2, 0.25) is 5.95 Å². The van der Waals surface area contributed by atoms with Gasteiger partial charge in [-0.1, -0.05) is 19.2 Å². The van der Waals surface area contributed by atoms with E-state index in [0.29, 0.717) is 17.6 Å². The number of ether oxygens (including phenoxy) is 3. The summed E-state index contributed by atoms with van der Waals surface area (Å²) in [6.07, 6.45) is -3.50. The quantitative estimate of drug-likeness (QED) is 0.0797. The number of nitrogens with two attached hydrogens (primary N) is 2. The lowest BCUT2D eigenvalue weighted by Crippen LogP contribution is -2.45. The number of rotatable bonds is 10. The number of aromatic amines is 1. The molecular weight excluding hydrogens is 706 g/mol. The maximum atomic E-state index is 12.3. The van der Waals surface area contributed by atoms with Gasteiger partial charge in [0.1, 0.15) is 41.9 Å². The van der Waals surface area contributed by atoms with Crippen molar-refractivity contribution in [2.24, 2.45) is 0 Å². The van der Waals surface area contributed by atoms with Gasteiger partial charge in [0.05, 0.1) is 32.0 Å². The average Bonchev–Trinajstić information content (AvgIpc) is 3.80. The number of thiol groups is 1. The number of fused-ring (bicyclic) bond motifs is 4. The first-order valence-electron chi connectivity index (χ1n) is 13.9. The molecule has 3 aliphatic rings. The van der Waals surface area contributed by atoms with Gasteiger partial charge in [0.25, 0.3) is 5.56 Å². The number of aliphatic hydroxyl groups is 1. The fraction of sp³-hybridized carbons (Fsp3) is 0.545. The van der Waals surface area contributed by atoms with Gasteiger partial charge in [-0.05, 0) is 18.2 Å². The lowest BCUT2D eigenvalue weighted by molar-refractivity contribution is -0.183. The van der Waals surface area contributed by atoms with E-state index in [1.807, 2.05) is 0 Å². The second-order valence-corrected chi connectivity index (χ2v) is 16.5. The van der Waals surface area contributed by atoms with Crippen LogP contribution < -0.4 is 17.0 Å². The summed E-state index contributed by atoms with van der Waals surface area (Å²) in [6.45, 7) is -7.63. The van der Waals surface area contributed by atoms with Gasteiger partial charge in [0.15, 0.2) is 35.1 Å². The molecule has 3 saturated heterocycles. The Morgan fingerprint density at radius 3 is 2.60 bits per heavy atom. The van der Waals surface area contributed by atoms with Crippen LogP contribution in [0.3, 0.4) is 0 Å². The Hall–Kier alpha value is -2.63. The predicted octanol–water partition coefficient (Wildman–Crippen LogP) is -0.507. The monoisotopic (exact) mass is 734 g/mol. The molecule has 3 fully saturated rings. The number of hydrogen-bond donors (Lipinski definition) is 7. The molecule has 4 aromatic heterocycles. The highest BCUT2D eigenvalue weighted by molar-refractivity contribution is 8.44. The zero-order valence-electron chi connectivity index (χ0n) is 24.0. The van der Waals surface area contributed by atoms with Gasteiger partial charge in [-0.15, -0.1) is 0 Å². The van der Waals surface area contributed by atoms with Crippen molar-refractivity contribution in [2.45, 2.75) is 61.9 Å². The van der Waals surface area contributed by atoms with Crippen molar-refractivity contribution in [3.63, 3.8) is 0 Å². The Bertz CT molecular complexity index is 2010. The van der Waals surface area contributed by atoms with Crippen LogP contribution in [0.25, 0.3) is 22.3 Å². The highest BCUT2D eigenvalue weighted by Crippen LogP contribution is 2.58. The van der Waals surface area contributed by atoms with E-state index in [1.54, 1.807) is 6.92 Å². The maximum Gasteiger partial charge on any atom is 0.384 e. The topological polar surface area (TPSA) is 292 Å². The second-order valence-electron chi connectivity index (χ2n) is 11.0. The number of nitrogens with zero attached hydrogens (tertiary/aromatic N) is 7. The molecule has 0 spiro atoms. The van der Waals surface area contributed by atoms with Gasteiger partial charge in [-0.3, -0.25) is 28.0 Å². The summed E-state index contributed by atoms with van der Waals surface area (Å²) in [5.74, 6) is -0.0425. The van der Waals surface area contributed by atoms with Gasteiger partial charge in [0, 0.05) is 0 Å². The Labute approximate surface area is 273 Å². The molecule has 0 saturated carbocycles. The molecule has 25 heteroatoms.